The van der Waals surface area contributed by atoms with Crippen molar-refractivity contribution in [2.75, 3.05) is 5.32 Å². The van der Waals surface area contributed by atoms with Gasteiger partial charge in [0, 0.05) is 4.88 Å². The Hall–Kier alpha value is -1.85. The highest BCUT2D eigenvalue weighted by molar-refractivity contribution is 7.19. The van der Waals surface area contributed by atoms with Crippen LogP contribution in [-0.2, 0) is 12.8 Å². The molecule has 0 fully saturated rings. The van der Waals surface area contributed by atoms with Gasteiger partial charge in [-0.3, -0.25) is 0 Å². The Bertz CT molecular complexity index is 977. The van der Waals surface area contributed by atoms with E-state index in [-0.39, 0.29) is 11.0 Å². The fourth-order valence-electron chi connectivity index (χ4n) is 3.69. The maximum atomic E-state index is 10.1. The number of fused-ring (bicyclic) bond motifs is 3. The lowest BCUT2D eigenvalue weighted by Crippen LogP contribution is -2.26. The van der Waals surface area contributed by atoms with E-state index in [9.17, 15) is 5.11 Å². The summed E-state index contributed by atoms with van der Waals surface area (Å²) in [5.41, 5.74) is 2.25. The van der Waals surface area contributed by atoms with E-state index in [4.69, 9.17) is 11.6 Å². The highest BCUT2D eigenvalue weighted by Gasteiger charge is 2.32. The van der Waals surface area contributed by atoms with Crippen LogP contribution in [0.5, 0.6) is 5.75 Å². The first-order valence-electron chi connectivity index (χ1n) is 8.85. The van der Waals surface area contributed by atoms with Gasteiger partial charge in [0.2, 0.25) is 5.28 Å². The van der Waals surface area contributed by atoms with Gasteiger partial charge in [-0.05, 0) is 59.9 Å². The number of halogens is 1. The number of hydrogen-bond acceptors (Lipinski definition) is 5. The highest BCUT2D eigenvalue weighted by Crippen LogP contribution is 2.45. The summed E-state index contributed by atoms with van der Waals surface area (Å²) in [6.07, 6.45) is 3.27. The van der Waals surface area contributed by atoms with Gasteiger partial charge in [0.25, 0.3) is 0 Å². The van der Waals surface area contributed by atoms with Crippen LogP contribution in [0.2, 0.25) is 5.28 Å². The standard InChI is InChI=1S/C20H22ClN3OS/c1-20(2,3)11-8-9-12-15(10-11)26-18-16(12)17(23-19(21)24-18)22-13-6-4-5-7-14(13)25/h4-7,11,25H,8-10H2,1-3H3,(H,22,23,24). The molecule has 0 aliphatic heterocycles. The summed E-state index contributed by atoms with van der Waals surface area (Å²) in [5.74, 6) is 1.53. The molecule has 1 aliphatic carbocycles. The lowest BCUT2D eigenvalue weighted by Gasteiger charge is -2.33. The molecule has 136 valence electrons. The van der Waals surface area contributed by atoms with E-state index in [1.54, 1.807) is 23.5 Å². The number of aromatic nitrogens is 2. The Kier molecular flexibility index (Phi) is 4.32. The molecule has 1 atom stereocenters. The molecule has 0 radical (unpaired) electrons. The molecule has 4 rings (SSSR count). The Morgan fingerprint density at radius 1 is 1.23 bits per heavy atom. The second kappa shape index (κ2) is 6.39. The van der Waals surface area contributed by atoms with Crippen LogP contribution in [0.1, 0.15) is 37.6 Å². The third-order valence-corrected chi connectivity index (χ3v) is 6.58. The quantitative estimate of drug-likeness (QED) is 0.421. The first kappa shape index (κ1) is 17.6. The van der Waals surface area contributed by atoms with Crippen molar-refractivity contribution in [2.24, 2.45) is 11.3 Å². The number of phenolic OH excluding ortho intramolecular Hbond substituents is 1. The molecular weight excluding hydrogens is 366 g/mol. The van der Waals surface area contributed by atoms with Crippen LogP contribution < -0.4 is 5.32 Å². The molecule has 2 aromatic heterocycles. The summed E-state index contributed by atoms with van der Waals surface area (Å²) in [5, 5.41) is 14.6. The van der Waals surface area contributed by atoms with E-state index in [0.29, 0.717) is 22.8 Å². The van der Waals surface area contributed by atoms with Gasteiger partial charge in [0.15, 0.2) is 0 Å². The van der Waals surface area contributed by atoms with Crippen molar-refractivity contribution in [3.05, 3.63) is 40.0 Å². The summed E-state index contributed by atoms with van der Waals surface area (Å²) >= 11 is 7.90. The minimum absolute atomic E-state index is 0.187. The number of phenols is 1. The van der Waals surface area contributed by atoms with Crippen molar-refractivity contribution in [2.45, 2.75) is 40.0 Å². The zero-order chi connectivity index (χ0) is 18.5. The van der Waals surface area contributed by atoms with Crippen LogP contribution in [0.3, 0.4) is 0 Å². The number of aromatic hydroxyl groups is 1. The minimum Gasteiger partial charge on any atom is -0.506 e. The molecule has 1 unspecified atom stereocenters. The van der Waals surface area contributed by atoms with Crippen molar-refractivity contribution in [3.63, 3.8) is 0 Å². The van der Waals surface area contributed by atoms with Gasteiger partial charge in [-0.2, -0.15) is 4.98 Å². The Balaban J connectivity index is 1.80. The Morgan fingerprint density at radius 2 is 2.00 bits per heavy atom. The first-order valence-corrected chi connectivity index (χ1v) is 10.0. The average molecular weight is 388 g/mol. The maximum absolute atomic E-state index is 10.1. The van der Waals surface area contributed by atoms with Crippen molar-refractivity contribution < 1.29 is 5.11 Å². The highest BCUT2D eigenvalue weighted by atomic mass is 35.5. The topological polar surface area (TPSA) is 58.0 Å². The summed E-state index contributed by atoms with van der Waals surface area (Å²) in [7, 11) is 0. The van der Waals surface area contributed by atoms with Crippen LogP contribution in [0, 0.1) is 11.3 Å². The summed E-state index contributed by atoms with van der Waals surface area (Å²) in [6, 6.07) is 7.15. The molecule has 1 aliphatic rings. The molecule has 4 nitrogen and oxygen atoms in total. The molecule has 0 saturated carbocycles. The van der Waals surface area contributed by atoms with Gasteiger partial charge >= 0.3 is 0 Å². The van der Waals surface area contributed by atoms with Crippen LogP contribution in [0.15, 0.2) is 24.3 Å². The number of thiophene rings is 1. The molecule has 1 aromatic carbocycles. The monoisotopic (exact) mass is 387 g/mol. The van der Waals surface area contributed by atoms with Crippen LogP contribution in [-0.4, -0.2) is 15.1 Å². The number of para-hydroxylation sites is 2. The molecule has 3 aromatic rings. The first-order chi connectivity index (χ1) is 12.3. The third kappa shape index (κ3) is 3.14. The Labute approximate surface area is 162 Å². The van der Waals surface area contributed by atoms with E-state index in [0.717, 1.165) is 23.1 Å². The van der Waals surface area contributed by atoms with Gasteiger partial charge in [0.05, 0.1) is 11.1 Å². The largest absolute Gasteiger partial charge is 0.506 e. The van der Waals surface area contributed by atoms with E-state index >= 15 is 0 Å². The maximum Gasteiger partial charge on any atom is 0.225 e. The summed E-state index contributed by atoms with van der Waals surface area (Å²) in [4.78, 5) is 11.2. The third-order valence-electron chi connectivity index (χ3n) is 5.26. The number of benzene rings is 1. The van der Waals surface area contributed by atoms with Crippen LogP contribution in [0.25, 0.3) is 10.2 Å². The predicted octanol–water partition coefficient (Wildman–Crippen LogP) is 5.94. The molecule has 26 heavy (non-hydrogen) atoms. The molecule has 2 heterocycles. The fourth-order valence-corrected chi connectivity index (χ4v) is 5.21. The molecule has 6 heteroatoms. The second-order valence-corrected chi connectivity index (χ2v) is 9.39. The lowest BCUT2D eigenvalue weighted by atomic mass is 9.72. The molecule has 0 saturated heterocycles. The zero-order valence-electron chi connectivity index (χ0n) is 15.1. The lowest BCUT2D eigenvalue weighted by molar-refractivity contribution is 0.218. The number of rotatable bonds is 2. The molecule has 0 spiro atoms. The average Bonchev–Trinajstić information content (AvgIpc) is 2.93. The fraction of sp³-hybridized carbons (Fsp3) is 0.400. The van der Waals surface area contributed by atoms with Crippen LogP contribution >= 0.6 is 22.9 Å². The number of hydrogen-bond donors (Lipinski definition) is 2. The molecule has 0 amide bonds. The van der Waals surface area contributed by atoms with Crippen molar-refractivity contribution in [1.29, 1.82) is 0 Å². The van der Waals surface area contributed by atoms with E-state index in [1.165, 1.54) is 16.9 Å². The van der Waals surface area contributed by atoms with Gasteiger partial charge in [0.1, 0.15) is 16.4 Å². The van der Waals surface area contributed by atoms with Crippen molar-refractivity contribution >= 4 is 44.7 Å². The minimum atomic E-state index is 0.187. The molecular formula is C20H22ClN3OS. The van der Waals surface area contributed by atoms with Crippen molar-refractivity contribution in [1.82, 2.24) is 9.97 Å². The predicted molar refractivity (Wildman–Crippen MR) is 109 cm³/mol. The zero-order valence-corrected chi connectivity index (χ0v) is 16.7. The van der Waals surface area contributed by atoms with Gasteiger partial charge in [-0.1, -0.05) is 32.9 Å². The Morgan fingerprint density at radius 3 is 2.73 bits per heavy atom. The van der Waals surface area contributed by atoms with Crippen molar-refractivity contribution in [3.8, 4) is 5.75 Å². The smallest absolute Gasteiger partial charge is 0.225 e. The summed E-state index contributed by atoms with van der Waals surface area (Å²) < 4.78 is 0. The molecule has 0 bridgehead atoms. The van der Waals surface area contributed by atoms with E-state index in [2.05, 4.69) is 36.1 Å². The number of nitrogens with one attached hydrogen (secondary N) is 1. The van der Waals surface area contributed by atoms with Gasteiger partial charge in [-0.25, -0.2) is 4.98 Å². The number of anilines is 2. The second-order valence-electron chi connectivity index (χ2n) is 7.97. The van der Waals surface area contributed by atoms with Gasteiger partial charge < -0.3 is 10.4 Å². The number of aryl methyl sites for hydroxylation is 1. The van der Waals surface area contributed by atoms with E-state index in [1.807, 2.05) is 12.1 Å². The SMILES string of the molecule is CC(C)(C)C1CCc2c(sc3nc(Cl)nc(Nc4ccccc4O)c23)C1. The van der Waals surface area contributed by atoms with Crippen LogP contribution in [0.4, 0.5) is 11.5 Å². The van der Waals surface area contributed by atoms with Gasteiger partial charge in [-0.15, -0.1) is 11.3 Å². The normalized spacial score (nSPS) is 17.3. The molecule has 2 N–H and O–H groups in total. The van der Waals surface area contributed by atoms with E-state index < -0.39 is 0 Å². The summed E-state index contributed by atoms with van der Waals surface area (Å²) in [6.45, 7) is 6.95. The number of nitrogens with zero attached hydrogens (tertiary/aromatic N) is 2.